The molecular formula is C10H18N4. The number of hydrogen-bond donors (Lipinski definition) is 1. The lowest BCUT2D eigenvalue weighted by atomic mass is 9.98. The van der Waals surface area contributed by atoms with Gasteiger partial charge in [-0.1, -0.05) is 0 Å². The lowest BCUT2D eigenvalue weighted by molar-refractivity contribution is 0.422. The van der Waals surface area contributed by atoms with Crippen molar-refractivity contribution in [3.8, 4) is 0 Å². The van der Waals surface area contributed by atoms with E-state index in [9.17, 15) is 0 Å². The molecule has 1 aliphatic heterocycles. The topological polar surface area (TPSA) is 42.7 Å². The lowest BCUT2D eigenvalue weighted by Gasteiger charge is -2.23. The molecule has 2 rings (SSSR count). The van der Waals surface area contributed by atoms with E-state index in [1.807, 2.05) is 6.33 Å². The predicted molar refractivity (Wildman–Crippen MR) is 55.3 cm³/mol. The van der Waals surface area contributed by atoms with Crippen molar-refractivity contribution in [2.75, 3.05) is 13.1 Å². The Labute approximate surface area is 84.7 Å². The number of aromatic nitrogens is 3. The van der Waals surface area contributed by atoms with Gasteiger partial charge >= 0.3 is 0 Å². The van der Waals surface area contributed by atoms with Crippen molar-refractivity contribution >= 4 is 0 Å². The summed E-state index contributed by atoms with van der Waals surface area (Å²) >= 11 is 0. The fraction of sp³-hybridized carbons (Fsp3) is 0.800. The third kappa shape index (κ3) is 1.80. The summed E-state index contributed by atoms with van der Waals surface area (Å²) in [5.74, 6) is 1.70. The minimum Gasteiger partial charge on any atom is -0.316 e. The Hall–Kier alpha value is -0.900. The van der Waals surface area contributed by atoms with Crippen molar-refractivity contribution in [2.45, 2.75) is 38.6 Å². The molecule has 14 heavy (non-hydrogen) atoms. The Morgan fingerprint density at radius 3 is 3.07 bits per heavy atom. The molecule has 4 nitrogen and oxygen atoms in total. The van der Waals surface area contributed by atoms with Crippen LogP contribution in [0.15, 0.2) is 6.33 Å². The van der Waals surface area contributed by atoms with Gasteiger partial charge in [-0.3, -0.25) is 0 Å². The molecule has 1 saturated heterocycles. The van der Waals surface area contributed by atoms with Crippen LogP contribution >= 0.6 is 0 Å². The van der Waals surface area contributed by atoms with E-state index in [2.05, 4.69) is 33.9 Å². The van der Waals surface area contributed by atoms with Crippen LogP contribution in [-0.2, 0) is 0 Å². The third-order valence-electron chi connectivity index (χ3n) is 2.82. The van der Waals surface area contributed by atoms with Gasteiger partial charge in [0.05, 0.1) is 0 Å². The second-order valence-corrected chi connectivity index (χ2v) is 4.23. The molecule has 78 valence electrons. The van der Waals surface area contributed by atoms with Crippen LogP contribution in [0.1, 0.15) is 44.5 Å². The Morgan fingerprint density at radius 2 is 2.43 bits per heavy atom. The van der Waals surface area contributed by atoms with E-state index in [0.29, 0.717) is 12.0 Å². The first kappa shape index (κ1) is 9.65. The van der Waals surface area contributed by atoms with Gasteiger partial charge in [-0.25, -0.2) is 0 Å². The number of nitrogens with one attached hydrogen (secondary N) is 1. The number of piperidine rings is 1. The summed E-state index contributed by atoms with van der Waals surface area (Å²) in [5.41, 5.74) is 0. The Bertz CT molecular complexity index is 286. The van der Waals surface area contributed by atoms with E-state index in [0.717, 1.165) is 18.9 Å². The second-order valence-electron chi connectivity index (χ2n) is 4.23. The highest BCUT2D eigenvalue weighted by molar-refractivity contribution is 5.00. The first-order valence-corrected chi connectivity index (χ1v) is 5.39. The fourth-order valence-electron chi connectivity index (χ4n) is 2.01. The summed E-state index contributed by atoms with van der Waals surface area (Å²) in [6.07, 6.45) is 4.32. The smallest absolute Gasteiger partial charge is 0.137 e. The molecule has 0 amide bonds. The highest BCUT2D eigenvalue weighted by atomic mass is 15.3. The van der Waals surface area contributed by atoms with Gasteiger partial charge in [-0.05, 0) is 33.2 Å². The maximum atomic E-state index is 4.23. The lowest BCUT2D eigenvalue weighted by Crippen LogP contribution is -2.30. The Kier molecular flexibility index (Phi) is 2.82. The molecule has 1 N–H and O–H groups in total. The summed E-state index contributed by atoms with van der Waals surface area (Å²) in [5, 5.41) is 11.6. The Balaban J connectivity index is 2.17. The third-order valence-corrected chi connectivity index (χ3v) is 2.82. The molecule has 1 atom stereocenters. The summed E-state index contributed by atoms with van der Waals surface area (Å²) in [6, 6.07) is 0.460. The van der Waals surface area contributed by atoms with Crippen LogP contribution in [0.5, 0.6) is 0 Å². The zero-order valence-electron chi connectivity index (χ0n) is 8.90. The van der Waals surface area contributed by atoms with Gasteiger partial charge in [-0.15, -0.1) is 10.2 Å². The van der Waals surface area contributed by atoms with E-state index < -0.39 is 0 Å². The average molecular weight is 194 g/mol. The van der Waals surface area contributed by atoms with E-state index >= 15 is 0 Å². The second kappa shape index (κ2) is 4.09. The normalized spacial score (nSPS) is 22.9. The van der Waals surface area contributed by atoms with Gasteiger partial charge in [0, 0.05) is 18.5 Å². The molecule has 4 heteroatoms. The van der Waals surface area contributed by atoms with Gasteiger partial charge in [0.1, 0.15) is 12.2 Å². The summed E-state index contributed by atoms with van der Waals surface area (Å²) in [6.45, 7) is 6.53. The van der Waals surface area contributed by atoms with Crippen LogP contribution in [0.2, 0.25) is 0 Å². The first-order chi connectivity index (χ1) is 6.79. The Morgan fingerprint density at radius 1 is 1.57 bits per heavy atom. The summed E-state index contributed by atoms with van der Waals surface area (Å²) < 4.78 is 2.18. The van der Waals surface area contributed by atoms with Crippen molar-refractivity contribution in [1.29, 1.82) is 0 Å². The van der Waals surface area contributed by atoms with Crippen LogP contribution < -0.4 is 5.32 Å². The zero-order valence-corrected chi connectivity index (χ0v) is 8.90. The van der Waals surface area contributed by atoms with Crippen molar-refractivity contribution in [1.82, 2.24) is 20.1 Å². The predicted octanol–water partition coefficient (Wildman–Crippen LogP) is 1.33. The standard InChI is InChI=1S/C10H18N4/c1-8(2)14-7-12-13-10(14)9-4-3-5-11-6-9/h7-9,11H,3-6H2,1-2H3/t9-/m1/s1. The minimum absolute atomic E-state index is 0.460. The molecule has 2 heterocycles. The van der Waals surface area contributed by atoms with Gasteiger partial charge in [-0.2, -0.15) is 0 Å². The molecule has 0 unspecified atom stereocenters. The van der Waals surface area contributed by atoms with E-state index in [1.165, 1.54) is 12.8 Å². The summed E-state index contributed by atoms with van der Waals surface area (Å²) in [7, 11) is 0. The summed E-state index contributed by atoms with van der Waals surface area (Å²) in [4.78, 5) is 0. The van der Waals surface area contributed by atoms with Crippen molar-refractivity contribution in [2.24, 2.45) is 0 Å². The molecular weight excluding hydrogens is 176 g/mol. The van der Waals surface area contributed by atoms with Crippen molar-refractivity contribution in [3.63, 3.8) is 0 Å². The molecule has 0 aliphatic carbocycles. The molecule has 0 radical (unpaired) electrons. The van der Waals surface area contributed by atoms with Crippen LogP contribution in [0, 0.1) is 0 Å². The van der Waals surface area contributed by atoms with E-state index in [-0.39, 0.29) is 0 Å². The van der Waals surface area contributed by atoms with E-state index in [4.69, 9.17) is 0 Å². The molecule has 1 aromatic rings. The molecule has 1 aromatic heterocycles. The maximum Gasteiger partial charge on any atom is 0.137 e. The highest BCUT2D eigenvalue weighted by Crippen LogP contribution is 2.22. The molecule has 0 aromatic carbocycles. The van der Waals surface area contributed by atoms with Gasteiger partial charge in [0.15, 0.2) is 0 Å². The van der Waals surface area contributed by atoms with Crippen molar-refractivity contribution < 1.29 is 0 Å². The van der Waals surface area contributed by atoms with Crippen LogP contribution in [0.4, 0.5) is 0 Å². The molecule has 1 aliphatic rings. The van der Waals surface area contributed by atoms with Crippen molar-refractivity contribution in [3.05, 3.63) is 12.2 Å². The fourth-order valence-corrected chi connectivity index (χ4v) is 2.01. The zero-order chi connectivity index (χ0) is 9.97. The number of rotatable bonds is 2. The largest absolute Gasteiger partial charge is 0.316 e. The highest BCUT2D eigenvalue weighted by Gasteiger charge is 2.21. The van der Waals surface area contributed by atoms with Crippen LogP contribution in [0.3, 0.4) is 0 Å². The quantitative estimate of drug-likeness (QED) is 0.772. The van der Waals surface area contributed by atoms with Gasteiger partial charge < -0.3 is 9.88 Å². The first-order valence-electron chi connectivity index (χ1n) is 5.39. The molecule has 1 fully saturated rings. The average Bonchev–Trinajstić information content (AvgIpc) is 2.67. The van der Waals surface area contributed by atoms with Crippen LogP contribution in [-0.4, -0.2) is 27.9 Å². The molecule has 0 spiro atoms. The van der Waals surface area contributed by atoms with E-state index in [1.54, 1.807) is 0 Å². The SMILES string of the molecule is CC(C)n1cnnc1[C@@H]1CCCNC1. The molecule has 0 bridgehead atoms. The number of nitrogens with zero attached hydrogens (tertiary/aromatic N) is 3. The number of hydrogen-bond acceptors (Lipinski definition) is 3. The van der Waals surface area contributed by atoms with Gasteiger partial charge in [0.25, 0.3) is 0 Å². The maximum absolute atomic E-state index is 4.23. The van der Waals surface area contributed by atoms with Crippen LogP contribution in [0.25, 0.3) is 0 Å². The molecule has 0 saturated carbocycles. The minimum atomic E-state index is 0.460. The van der Waals surface area contributed by atoms with Gasteiger partial charge in [0.2, 0.25) is 0 Å². The monoisotopic (exact) mass is 194 g/mol.